The summed E-state index contributed by atoms with van der Waals surface area (Å²) >= 11 is 0. The van der Waals surface area contributed by atoms with Crippen LogP contribution < -0.4 is 32.3 Å². The number of hydrogen-bond donors (Lipinski definition) is 7. The lowest BCUT2D eigenvalue weighted by molar-refractivity contribution is -0.127. The highest BCUT2D eigenvalue weighted by Gasteiger charge is 2.32. The maximum absolute atomic E-state index is 13.9. The minimum atomic E-state index is -4.15. The number of carbonyl (C=O) groups is 6. The van der Waals surface area contributed by atoms with Crippen molar-refractivity contribution in [3.8, 4) is 0 Å². The van der Waals surface area contributed by atoms with Crippen LogP contribution in [0, 0.1) is 5.92 Å². The van der Waals surface area contributed by atoms with Crippen LogP contribution in [-0.2, 0) is 49.9 Å². The number of hydrogen-bond acceptors (Lipinski definition) is 11. The van der Waals surface area contributed by atoms with Gasteiger partial charge in [-0.05, 0) is 55.0 Å². The number of nitrogens with zero attached hydrogens (tertiary/aromatic N) is 1. The van der Waals surface area contributed by atoms with Crippen molar-refractivity contribution in [2.24, 2.45) is 11.7 Å². The predicted octanol–water partition coefficient (Wildman–Crippen LogP) is 0.544. The van der Waals surface area contributed by atoms with Crippen LogP contribution in [0.2, 0.25) is 0 Å². The highest BCUT2D eigenvalue weighted by molar-refractivity contribution is 7.89. The predicted molar refractivity (Wildman–Crippen MR) is 209 cm³/mol. The molecule has 8 N–H and O–H groups in total. The van der Waals surface area contributed by atoms with E-state index < -0.39 is 63.9 Å². The monoisotopic (exact) mass is 817 g/mol. The third-order valence-electron chi connectivity index (χ3n) is 8.59. The Hall–Kier alpha value is -5.11. The Morgan fingerprint density at radius 1 is 0.860 bits per heavy atom. The zero-order valence-electron chi connectivity index (χ0n) is 32.4. The Morgan fingerprint density at radius 2 is 1.51 bits per heavy atom. The number of anilines is 1. The van der Waals surface area contributed by atoms with Crippen molar-refractivity contribution in [1.29, 1.82) is 0 Å². The van der Waals surface area contributed by atoms with Gasteiger partial charge in [-0.3, -0.25) is 24.0 Å². The highest BCUT2D eigenvalue weighted by Crippen LogP contribution is 2.22. The second-order valence-corrected chi connectivity index (χ2v) is 16.0. The van der Waals surface area contributed by atoms with Crippen LogP contribution in [0.1, 0.15) is 57.9 Å². The first-order valence-corrected chi connectivity index (χ1v) is 20.3. The van der Waals surface area contributed by atoms with Crippen LogP contribution in [0.3, 0.4) is 0 Å². The van der Waals surface area contributed by atoms with Crippen LogP contribution >= 0.6 is 0 Å². The molecule has 0 unspecified atom stereocenters. The number of carbonyl (C=O) groups excluding carboxylic acids is 6. The zero-order chi connectivity index (χ0) is 41.8. The van der Waals surface area contributed by atoms with Crippen molar-refractivity contribution >= 4 is 51.3 Å². The van der Waals surface area contributed by atoms with Gasteiger partial charge in [-0.1, -0.05) is 44.2 Å². The van der Waals surface area contributed by atoms with Crippen molar-refractivity contribution in [2.75, 3.05) is 51.3 Å². The molecule has 2 aromatic rings. The van der Waals surface area contributed by atoms with Gasteiger partial charge in [-0.15, -0.1) is 0 Å². The minimum Gasteiger partial charge on any atom is -0.444 e. The van der Waals surface area contributed by atoms with E-state index in [0.717, 1.165) is 5.56 Å². The first-order chi connectivity index (χ1) is 27.1. The van der Waals surface area contributed by atoms with Gasteiger partial charge < -0.3 is 46.9 Å². The summed E-state index contributed by atoms with van der Waals surface area (Å²) in [5.41, 5.74) is 6.18. The van der Waals surface area contributed by atoms with Crippen LogP contribution in [0.25, 0.3) is 0 Å². The fourth-order valence-electron chi connectivity index (χ4n) is 5.66. The summed E-state index contributed by atoms with van der Waals surface area (Å²) in [7, 11) is -4.15. The molecule has 0 saturated carbocycles. The van der Waals surface area contributed by atoms with E-state index in [1.807, 2.05) is 44.2 Å². The summed E-state index contributed by atoms with van der Waals surface area (Å²) in [5, 5.41) is 24.1. The number of nitrogens with one attached hydrogen (secondary N) is 5. The molecular weight excluding hydrogens is 763 g/mol. The molecule has 1 fully saturated rings. The van der Waals surface area contributed by atoms with Gasteiger partial charge in [0.2, 0.25) is 39.6 Å². The number of ether oxygens (including phenoxy) is 2. The highest BCUT2D eigenvalue weighted by atomic mass is 32.2. The average molecular weight is 818 g/mol. The van der Waals surface area contributed by atoms with E-state index in [0.29, 0.717) is 25.1 Å². The molecule has 1 saturated heterocycles. The van der Waals surface area contributed by atoms with E-state index in [9.17, 15) is 42.3 Å². The van der Waals surface area contributed by atoms with E-state index in [1.54, 1.807) is 0 Å². The number of aliphatic hydroxyl groups is 1. The van der Waals surface area contributed by atoms with Crippen LogP contribution in [0.4, 0.5) is 10.5 Å². The lowest BCUT2D eigenvalue weighted by Crippen LogP contribution is -2.51. The van der Waals surface area contributed by atoms with Gasteiger partial charge in [0, 0.05) is 51.0 Å². The number of amides is 6. The van der Waals surface area contributed by atoms with E-state index in [4.69, 9.17) is 15.2 Å². The third-order valence-corrected chi connectivity index (χ3v) is 10.4. The second kappa shape index (κ2) is 23.8. The van der Waals surface area contributed by atoms with Crippen molar-refractivity contribution in [1.82, 2.24) is 25.6 Å². The zero-order valence-corrected chi connectivity index (χ0v) is 33.2. The summed E-state index contributed by atoms with van der Waals surface area (Å²) in [6, 6.07) is 13.9. The van der Waals surface area contributed by atoms with Gasteiger partial charge in [0.15, 0.2) is 0 Å². The van der Waals surface area contributed by atoms with Gasteiger partial charge in [-0.2, -0.15) is 4.31 Å². The van der Waals surface area contributed by atoms with Gasteiger partial charge in [0.05, 0.1) is 43.3 Å². The molecule has 57 heavy (non-hydrogen) atoms. The lowest BCUT2D eigenvalue weighted by atomic mass is 10.0. The van der Waals surface area contributed by atoms with Gasteiger partial charge >= 0.3 is 6.09 Å². The minimum absolute atomic E-state index is 0.0319. The number of sulfonamides is 1. The number of nitrogens with two attached hydrogens (primary N) is 1. The van der Waals surface area contributed by atoms with Gasteiger partial charge in [-0.25, -0.2) is 13.2 Å². The molecular formula is C38H55N7O11S. The first-order valence-electron chi connectivity index (χ1n) is 18.9. The Morgan fingerprint density at radius 3 is 2.14 bits per heavy atom. The van der Waals surface area contributed by atoms with Crippen LogP contribution in [-0.4, -0.2) is 118 Å². The molecule has 0 aromatic heterocycles. The lowest BCUT2D eigenvalue weighted by Gasteiger charge is -2.30. The SMILES string of the molecule is CC(C)CN(C[C@@H](O)[C@H](Cc1ccccc1)NC(=O)O[C@H]1CCOC1)S(=O)(=O)c1ccc(NC(=O)CCCC(=O)NCC(=O)NCC(=O)NCCCC(N)=O)cc1. The van der Waals surface area contributed by atoms with Gasteiger partial charge in [0.1, 0.15) is 6.10 Å². The molecule has 1 aliphatic rings. The normalized spacial score (nSPS) is 15.0. The summed E-state index contributed by atoms with van der Waals surface area (Å²) < 4.78 is 39.7. The molecule has 18 nitrogen and oxygen atoms in total. The molecule has 314 valence electrons. The largest absolute Gasteiger partial charge is 0.444 e. The Kier molecular flexibility index (Phi) is 19.4. The number of aliphatic hydroxyl groups excluding tert-OH is 1. The fraction of sp³-hybridized carbons (Fsp3) is 0.526. The average Bonchev–Trinajstić information content (AvgIpc) is 3.67. The second-order valence-electron chi connectivity index (χ2n) is 14.0. The van der Waals surface area contributed by atoms with Crippen molar-refractivity contribution in [3.05, 3.63) is 60.2 Å². The molecule has 0 radical (unpaired) electrons. The first kappa shape index (κ1) is 46.3. The van der Waals surface area contributed by atoms with Crippen molar-refractivity contribution in [2.45, 2.75) is 81.9 Å². The summed E-state index contributed by atoms with van der Waals surface area (Å²) in [4.78, 5) is 71.9. The van der Waals surface area contributed by atoms with Crippen LogP contribution in [0.15, 0.2) is 59.5 Å². The molecule has 3 atom stereocenters. The van der Waals surface area contributed by atoms with E-state index in [2.05, 4.69) is 26.6 Å². The molecule has 0 aliphatic carbocycles. The standard InChI is InChI=1S/C38H55N7O11S/c1-26(2)23-45(24-32(46)31(20-27-8-4-3-5-9-27)44-38(52)56-29-17-19-55-25-29)57(53,54)30-15-13-28(14-16-30)43-35(49)12-6-11-34(48)41-22-37(51)42-21-36(50)40-18-7-10-33(39)47/h3-5,8-9,13-16,26,29,31-32,46H,6-7,10-12,17-25H2,1-2H3,(H2,39,47)(H,40,50)(H,41,48)(H,42,51)(H,43,49)(H,44,52)/t29-,31-,32+/m0/s1. The molecule has 1 aliphatic heterocycles. The molecule has 2 aromatic carbocycles. The maximum Gasteiger partial charge on any atom is 0.407 e. The number of alkyl carbamates (subject to hydrolysis) is 1. The van der Waals surface area contributed by atoms with Gasteiger partial charge in [0.25, 0.3) is 0 Å². The van der Waals surface area contributed by atoms with Crippen molar-refractivity contribution in [3.63, 3.8) is 0 Å². The molecule has 3 rings (SSSR count). The number of primary amides is 1. The Balaban J connectivity index is 1.50. The molecule has 19 heteroatoms. The number of rotatable bonds is 24. The summed E-state index contributed by atoms with van der Waals surface area (Å²) in [6.07, 6.45) is -1.09. The summed E-state index contributed by atoms with van der Waals surface area (Å²) in [5.74, 6) is -2.52. The Bertz CT molecular complexity index is 1740. The third kappa shape index (κ3) is 17.7. The molecule has 1 heterocycles. The number of benzene rings is 2. The summed E-state index contributed by atoms with van der Waals surface area (Å²) in [6.45, 7) is 3.77. The van der Waals surface area contributed by atoms with E-state index >= 15 is 0 Å². The smallest absolute Gasteiger partial charge is 0.407 e. The topological polar surface area (TPSA) is 265 Å². The quantitative estimate of drug-likeness (QED) is 0.0720. The Labute approximate surface area is 333 Å². The molecule has 6 amide bonds. The van der Waals surface area contributed by atoms with E-state index in [1.165, 1.54) is 28.6 Å². The molecule has 0 spiro atoms. The maximum atomic E-state index is 13.9. The fourth-order valence-corrected chi connectivity index (χ4v) is 7.28. The van der Waals surface area contributed by atoms with E-state index in [-0.39, 0.29) is 82.2 Å². The van der Waals surface area contributed by atoms with Crippen molar-refractivity contribution < 1.29 is 51.8 Å². The molecule has 0 bridgehead atoms. The van der Waals surface area contributed by atoms with Crippen LogP contribution in [0.5, 0.6) is 0 Å².